The van der Waals surface area contributed by atoms with Crippen molar-refractivity contribution in [3.05, 3.63) is 293 Å². The maximum atomic E-state index is 6.47. The van der Waals surface area contributed by atoms with Crippen LogP contribution in [0.4, 0.5) is 5.69 Å². The normalized spacial score (nSPS) is 28.9. The number of fused-ring (bicyclic) bond motifs is 5. The van der Waals surface area contributed by atoms with Crippen molar-refractivity contribution in [2.75, 3.05) is 11.5 Å². The molecule has 0 amide bonds. The lowest BCUT2D eigenvalue weighted by Gasteiger charge is -2.45. The van der Waals surface area contributed by atoms with E-state index in [2.05, 4.69) is 226 Å². The Bertz CT molecular complexity index is 3490. The summed E-state index contributed by atoms with van der Waals surface area (Å²) >= 11 is 0. The first-order valence-corrected chi connectivity index (χ1v) is 32.4. The van der Waals surface area contributed by atoms with Crippen LogP contribution in [0.1, 0.15) is 145 Å². The second-order valence-corrected chi connectivity index (χ2v) is 26.1. The predicted octanol–water partition coefficient (Wildman–Crippen LogP) is 20.5. The van der Waals surface area contributed by atoms with Crippen LogP contribution in [0.25, 0.3) is 11.6 Å². The molecule has 3 nitrogen and oxygen atoms in total. The molecule has 13 rings (SSSR count). The van der Waals surface area contributed by atoms with Gasteiger partial charge in [0.15, 0.2) is 0 Å². The topological polar surface area (TPSA) is 15.7 Å². The largest absolute Gasteiger partial charge is 0.374 e. The fourth-order valence-corrected chi connectivity index (χ4v) is 16.5. The monoisotopic (exact) mass is 1100 g/mol. The SMILES string of the molecule is C=CC1=CCC(OCC(C)CCC(C)CC2(C3C=CC=CC3)c3cc(N(C4=CC=CCC4)C4=CC=C(C5=CC6=C(CC5)N(C5C=CC(c7ccc(C=C)cc7)=CC5)C5=CCC(C7=CC=C(C=C)CC7)CC56)CC4)ccc3C3C=CC=CC32)C=C1. The average Bonchev–Trinajstić information content (AvgIpc) is 2.56. The molecule has 2 aromatic carbocycles. The molecule has 0 N–H and O–H groups in total. The van der Waals surface area contributed by atoms with Crippen molar-refractivity contribution in [1.82, 2.24) is 4.90 Å². The standard InChI is InChI=1S/C81H88N2O/c1-6-58-25-31-61(32-26-58)62-35-43-70(44-36-62)83-79-49-39-65(63-33-27-59(7-2)28-34-63)51-75(79)76-52-66(40-50-80(76)83)64-37-41-69(42-38-64)82(68-19-13-10-14-20-68)71-45-48-74-73-21-15-16-22-77(73)81(78(74)53-71,67-17-11-9-12-18-67)54-56(4)23-24-57(5)55-84-72-46-29-60(8-3)30-47-72/h6-13,15-17,19,21-22,25-27,29-33,35-37,41,43,45-46,48-49,52-53,56-57,65,67,70,72-73,75,77H,1-3,14,18,20,23-24,28,34,38-40,42,44,47,50-51,54-55H2,4-5H3. The number of benzene rings is 2. The summed E-state index contributed by atoms with van der Waals surface area (Å²) in [6.07, 6.45) is 79.1. The van der Waals surface area contributed by atoms with Gasteiger partial charge in [0.2, 0.25) is 0 Å². The quantitative estimate of drug-likeness (QED) is 0.139. The van der Waals surface area contributed by atoms with E-state index in [4.69, 9.17) is 4.74 Å². The third-order valence-corrected chi connectivity index (χ3v) is 21.0. The van der Waals surface area contributed by atoms with E-state index >= 15 is 0 Å². The summed E-state index contributed by atoms with van der Waals surface area (Å²) in [5, 5.41) is 0. The van der Waals surface area contributed by atoms with Gasteiger partial charge in [0.1, 0.15) is 0 Å². The Balaban J connectivity index is 0.797. The average molecular weight is 1110 g/mol. The zero-order valence-electron chi connectivity index (χ0n) is 50.2. The van der Waals surface area contributed by atoms with Gasteiger partial charge < -0.3 is 14.5 Å². The molecule has 10 aliphatic carbocycles. The van der Waals surface area contributed by atoms with E-state index in [1.54, 1.807) is 33.7 Å². The second-order valence-electron chi connectivity index (χ2n) is 26.1. The molecule has 0 fully saturated rings. The summed E-state index contributed by atoms with van der Waals surface area (Å²) in [6.45, 7) is 17.8. The lowest BCUT2D eigenvalue weighted by molar-refractivity contribution is 0.0578. The molecule has 11 aliphatic rings. The lowest BCUT2D eigenvalue weighted by Crippen LogP contribution is -2.41. The van der Waals surface area contributed by atoms with Gasteiger partial charge in [-0.2, -0.15) is 0 Å². The molecule has 2 aromatic rings. The Hall–Kier alpha value is -7.20. The number of rotatable bonds is 19. The molecule has 0 spiro atoms. The first kappa shape index (κ1) is 56.0. The number of nitrogens with zero attached hydrogens (tertiary/aromatic N) is 2. The molecular weight excluding hydrogens is 1020 g/mol. The van der Waals surface area contributed by atoms with Crippen LogP contribution in [0.15, 0.2) is 270 Å². The van der Waals surface area contributed by atoms with Crippen LogP contribution in [0, 0.1) is 35.5 Å². The Morgan fingerprint density at radius 3 is 2.29 bits per heavy atom. The number of hydrogen-bond acceptors (Lipinski definition) is 3. The van der Waals surface area contributed by atoms with E-state index in [-0.39, 0.29) is 11.5 Å². The molecule has 84 heavy (non-hydrogen) atoms. The summed E-state index contributed by atoms with van der Waals surface area (Å²) in [7, 11) is 0. The van der Waals surface area contributed by atoms with Gasteiger partial charge in [-0.15, -0.1) is 0 Å². The molecular formula is C81H88N2O. The van der Waals surface area contributed by atoms with Gasteiger partial charge in [-0.3, -0.25) is 0 Å². The molecule has 10 atom stereocenters. The second kappa shape index (κ2) is 24.8. The highest BCUT2D eigenvalue weighted by molar-refractivity contribution is 5.76. The van der Waals surface area contributed by atoms with Gasteiger partial charge in [-0.25, -0.2) is 0 Å². The lowest BCUT2D eigenvalue weighted by atomic mass is 9.58. The smallest absolute Gasteiger partial charge is 0.0793 e. The Labute approximate surface area is 503 Å². The van der Waals surface area contributed by atoms with E-state index in [0.29, 0.717) is 47.5 Å². The van der Waals surface area contributed by atoms with Crippen molar-refractivity contribution in [3.8, 4) is 0 Å². The minimum atomic E-state index is -0.0325. The van der Waals surface area contributed by atoms with E-state index in [1.165, 1.54) is 69.8 Å². The molecule has 3 heteroatoms. The van der Waals surface area contributed by atoms with Crippen molar-refractivity contribution in [2.24, 2.45) is 35.5 Å². The summed E-state index contributed by atoms with van der Waals surface area (Å²) in [6, 6.07) is 16.9. The summed E-state index contributed by atoms with van der Waals surface area (Å²) in [5.74, 6) is 3.25. The first-order valence-electron chi connectivity index (χ1n) is 32.4. The molecule has 0 aromatic heterocycles. The van der Waals surface area contributed by atoms with Crippen LogP contribution < -0.4 is 4.90 Å². The highest BCUT2D eigenvalue weighted by Gasteiger charge is 2.54. The van der Waals surface area contributed by atoms with E-state index < -0.39 is 0 Å². The van der Waals surface area contributed by atoms with Gasteiger partial charge in [-0.05, 0) is 206 Å². The van der Waals surface area contributed by atoms with Crippen molar-refractivity contribution in [2.45, 2.75) is 140 Å². The van der Waals surface area contributed by atoms with Crippen LogP contribution >= 0.6 is 0 Å². The molecule has 1 heterocycles. The summed E-state index contributed by atoms with van der Waals surface area (Å²) < 4.78 is 6.47. The highest BCUT2D eigenvalue weighted by Crippen LogP contribution is 2.62. The minimum Gasteiger partial charge on any atom is -0.374 e. The minimum absolute atomic E-state index is 0.0325. The van der Waals surface area contributed by atoms with Gasteiger partial charge in [0.05, 0.1) is 12.1 Å². The van der Waals surface area contributed by atoms with Crippen molar-refractivity contribution < 1.29 is 4.74 Å². The van der Waals surface area contributed by atoms with Gasteiger partial charge in [0, 0.05) is 52.3 Å². The molecule has 1 aliphatic heterocycles. The van der Waals surface area contributed by atoms with E-state index in [1.807, 2.05) is 18.2 Å². The van der Waals surface area contributed by atoms with Crippen LogP contribution in [0.2, 0.25) is 0 Å². The zero-order chi connectivity index (χ0) is 57.2. The van der Waals surface area contributed by atoms with Crippen LogP contribution in [-0.2, 0) is 10.2 Å². The zero-order valence-corrected chi connectivity index (χ0v) is 50.2. The van der Waals surface area contributed by atoms with Crippen molar-refractivity contribution in [1.29, 1.82) is 0 Å². The molecule has 428 valence electrons. The van der Waals surface area contributed by atoms with Crippen LogP contribution in [-0.4, -0.2) is 23.7 Å². The predicted molar refractivity (Wildman–Crippen MR) is 355 cm³/mol. The van der Waals surface area contributed by atoms with Gasteiger partial charge in [-0.1, -0.05) is 222 Å². The van der Waals surface area contributed by atoms with Crippen molar-refractivity contribution in [3.63, 3.8) is 0 Å². The Morgan fingerprint density at radius 2 is 1.55 bits per heavy atom. The van der Waals surface area contributed by atoms with Crippen LogP contribution in [0.5, 0.6) is 0 Å². The van der Waals surface area contributed by atoms with Gasteiger partial charge in [0.25, 0.3) is 0 Å². The number of hydrogen-bond donors (Lipinski definition) is 0. The molecule has 0 saturated carbocycles. The summed E-state index contributed by atoms with van der Waals surface area (Å²) in [5.41, 5.74) is 23.0. The number of anilines is 1. The molecule has 0 radical (unpaired) electrons. The third-order valence-electron chi connectivity index (χ3n) is 21.0. The maximum Gasteiger partial charge on any atom is 0.0793 e. The van der Waals surface area contributed by atoms with E-state index in [9.17, 15) is 0 Å². The van der Waals surface area contributed by atoms with Crippen LogP contribution in [0.3, 0.4) is 0 Å². The molecule has 0 saturated heterocycles. The maximum absolute atomic E-state index is 6.47. The fraction of sp³-hybridized carbons (Fsp3) is 0.358. The first-order chi connectivity index (χ1) is 41.3. The van der Waals surface area contributed by atoms with E-state index in [0.717, 1.165) is 95.6 Å². The molecule has 0 bridgehead atoms. The van der Waals surface area contributed by atoms with Crippen molar-refractivity contribution >= 4 is 17.3 Å². The fourth-order valence-electron chi connectivity index (χ4n) is 16.5. The Kier molecular flexibility index (Phi) is 16.5. The Morgan fingerprint density at radius 1 is 0.690 bits per heavy atom. The third kappa shape index (κ3) is 11.1. The summed E-state index contributed by atoms with van der Waals surface area (Å²) in [4.78, 5) is 5.49. The number of ether oxygens (including phenoxy) is 1. The molecule has 10 unspecified atom stereocenters. The van der Waals surface area contributed by atoms with Gasteiger partial charge >= 0.3 is 0 Å². The highest BCUT2D eigenvalue weighted by atomic mass is 16.5. The number of allylic oxidation sites excluding steroid dienone is 31.